The first kappa shape index (κ1) is 18.8. The maximum atomic E-state index is 12.7. The number of thioether (sulfide) groups is 1. The van der Waals surface area contributed by atoms with E-state index in [1.54, 1.807) is 7.11 Å². The minimum Gasteiger partial charge on any atom is -0.497 e. The summed E-state index contributed by atoms with van der Waals surface area (Å²) in [6, 6.07) is 8.09. The summed E-state index contributed by atoms with van der Waals surface area (Å²) >= 11 is 1.30. The van der Waals surface area contributed by atoms with Crippen LogP contribution in [0.2, 0.25) is 0 Å². The first-order valence-corrected chi connectivity index (χ1v) is 9.77. The van der Waals surface area contributed by atoms with Crippen LogP contribution in [0.1, 0.15) is 51.1 Å². The average Bonchev–Trinajstić information content (AvgIpc) is 3.29. The fourth-order valence-electron chi connectivity index (χ4n) is 3.02. The van der Waals surface area contributed by atoms with Gasteiger partial charge < -0.3 is 14.1 Å². The molecular formula is C19H25N3O3S. The highest BCUT2D eigenvalue weighted by Gasteiger charge is 2.30. The van der Waals surface area contributed by atoms with Crippen LogP contribution in [-0.4, -0.2) is 40.4 Å². The van der Waals surface area contributed by atoms with Crippen molar-refractivity contribution in [3.05, 3.63) is 35.7 Å². The van der Waals surface area contributed by atoms with E-state index in [1.807, 2.05) is 49.9 Å². The van der Waals surface area contributed by atoms with Crippen molar-refractivity contribution in [3.8, 4) is 5.75 Å². The Kier molecular flexibility index (Phi) is 5.55. The van der Waals surface area contributed by atoms with Gasteiger partial charge in [-0.15, -0.1) is 10.2 Å². The van der Waals surface area contributed by atoms with Crippen molar-refractivity contribution in [2.45, 2.75) is 50.3 Å². The number of amides is 1. The molecule has 0 radical (unpaired) electrons. The molecule has 140 valence electrons. The zero-order valence-electron chi connectivity index (χ0n) is 15.7. The van der Waals surface area contributed by atoms with Crippen LogP contribution < -0.4 is 4.74 Å². The number of nitrogens with zero attached hydrogens (tertiary/aromatic N) is 3. The molecule has 1 saturated heterocycles. The van der Waals surface area contributed by atoms with Gasteiger partial charge in [0.05, 0.1) is 18.9 Å². The van der Waals surface area contributed by atoms with Crippen LogP contribution in [0, 0.1) is 0 Å². The number of carbonyl (C=O) groups is 1. The topological polar surface area (TPSA) is 68.5 Å². The summed E-state index contributed by atoms with van der Waals surface area (Å²) in [4.78, 5) is 14.7. The van der Waals surface area contributed by atoms with Crippen molar-refractivity contribution in [1.29, 1.82) is 0 Å². The molecule has 6 nitrogen and oxygen atoms in total. The van der Waals surface area contributed by atoms with E-state index in [-0.39, 0.29) is 17.4 Å². The van der Waals surface area contributed by atoms with Crippen molar-refractivity contribution < 1.29 is 13.9 Å². The molecule has 1 aromatic heterocycles. The molecule has 0 saturated carbocycles. The van der Waals surface area contributed by atoms with Gasteiger partial charge in [-0.05, 0) is 30.5 Å². The lowest BCUT2D eigenvalue weighted by atomic mass is 9.97. The molecule has 1 atom stereocenters. The Balaban J connectivity index is 1.62. The normalized spacial score (nSPS) is 17.5. The van der Waals surface area contributed by atoms with Crippen LogP contribution in [0.25, 0.3) is 0 Å². The number of aromatic nitrogens is 2. The number of likely N-dealkylation sites (tertiary alicyclic amines) is 1. The molecule has 1 aliphatic rings. The third-order valence-electron chi connectivity index (χ3n) is 4.44. The van der Waals surface area contributed by atoms with Gasteiger partial charge in [-0.1, -0.05) is 44.7 Å². The van der Waals surface area contributed by atoms with Crippen LogP contribution in [0.4, 0.5) is 0 Å². The third-order valence-corrected chi connectivity index (χ3v) is 5.24. The largest absolute Gasteiger partial charge is 0.497 e. The molecule has 1 amide bonds. The molecule has 7 heteroatoms. The van der Waals surface area contributed by atoms with Gasteiger partial charge in [0.25, 0.3) is 5.22 Å². The van der Waals surface area contributed by atoms with E-state index < -0.39 is 0 Å². The standard InChI is InChI=1S/C19H25N3O3S/c1-19(2,3)17-20-21-18(25-17)26-12-16(23)22-11-5-6-15(22)13-7-9-14(24-4)10-8-13/h7-10,15H,5-6,11-12H2,1-4H3. The zero-order valence-corrected chi connectivity index (χ0v) is 16.5. The number of rotatable bonds is 5. The molecule has 0 aliphatic carbocycles. The lowest BCUT2D eigenvalue weighted by molar-refractivity contribution is -0.129. The second kappa shape index (κ2) is 7.70. The van der Waals surface area contributed by atoms with Crippen LogP contribution in [0.5, 0.6) is 5.75 Å². The predicted molar refractivity (Wildman–Crippen MR) is 100 cm³/mol. The monoisotopic (exact) mass is 375 g/mol. The number of benzene rings is 1. The minimum absolute atomic E-state index is 0.101. The molecule has 1 fully saturated rings. The Morgan fingerprint density at radius 2 is 2.04 bits per heavy atom. The molecule has 0 bridgehead atoms. The number of methoxy groups -OCH3 is 1. The third kappa shape index (κ3) is 4.20. The van der Waals surface area contributed by atoms with Gasteiger partial charge in [0.2, 0.25) is 11.8 Å². The Morgan fingerprint density at radius 1 is 1.31 bits per heavy atom. The second-order valence-electron chi connectivity index (χ2n) is 7.43. The summed E-state index contributed by atoms with van der Waals surface area (Å²) < 4.78 is 10.9. The van der Waals surface area contributed by atoms with Crippen molar-refractivity contribution >= 4 is 17.7 Å². The van der Waals surface area contributed by atoms with E-state index in [0.717, 1.165) is 30.7 Å². The Morgan fingerprint density at radius 3 is 2.65 bits per heavy atom. The first-order valence-electron chi connectivity index (χ1n) is 8.78. The molecule has 3 rings (SSSR count). The van der Waals surface area contributed by atoms with Crippen LogP contribution in [0.3, 0.4) is 0 Å². The van der Waals surface area contributed by atoms with E-state index in [0.29, 0.717) is 16.9 Å². The van der Waals surface area contributed by atoms with E-state index in [2.05, 4.69) is 10.2 Å². The fraction of sp³-hybridized carbons (Fsp3) is 0.526. The van der Waals surface area contributed by atoms with Crippen molar-refractivity contribution in [2.75, 3.05) is 19.4 Å². The first-order chi connectivity index (χ1) is 12.4. The molecule has 1 aliphatic heterocycles. The number of carbonyl (C=O) groups excluding carboxylic acids is 1. The minimum atomic E-state index is -0.190. The molecule has 26 heavy (non-hydrogen) atoms. The lowest BCUT2D eigenvalue weighted by Gasteiger charge is -2.25. The molecule has 2 heterocycles. The maximum absolute atomic E-state index is 12.7. The van der Waals surface area contributed by atoms with E-state index in [4.69, 9.17) is 9.15 Å². The van der Waals surface area contributed by atoms with Crippen LogP contribution in [0.15, 0.2) is 33.9 Å². The molecular weight excluding hydrogens is 350 g/mol. The van der Waals surface area contributed by atoms with Gasteiger partial charge in [-0.25, -0.2) is 0 Å². The predicted octanol–water partition coefficient (Wildman–Crippen LogP) is 3.83. The van der Waals surface area contributed by atoms with E-state index in [9.17, 15) is 4.79 Å². The number of ether oxygens (including phenoxy) is 1. The number of hydrogen-bond donors (Lipinski definition) is 0. The van der Waals surface area contributed by atoms with Crippen molar-refractivity contribution in [1.82, 2.24) is 15.1 Å². The molecule has 1 aromatic carbocycles. The SMILES string of the molecule is COc1ccc(C2CCCN2C(=O)CSc2nnc(C(C)(C)C)o2)cc1. The van der Waals surface area contributed by atoms with Gasteiger partial charge in [0.15, 0.2) is 0 Å². The molecule has 0 N–H and O–H groups in total. The molecule has 1 unspecified atom stereocenters. The Bertz CT molecular complexity index is 752. The highest BCUT2D eigenvalue weighted by Crippen LogP contribution is 2.34. The summed E-state index contributed by atoms with van der Waals surface area (Å²) in [5.41, 5.74) is 0.957. The highest BCUT2D eigenvalue weighted by atomic mass is 32.2. The molecule has 0 spiro atoms. The fourth-order valence-corrected chi connectivity index (χ4v) is 3.66. The Labute approximate surface area is 158 Å². The summed E-state index contributed by atoms with van der Waals surface area (Å²) in [5, 5.41) is 8.55. The Hall–Kier alpha value is -2.02. The van der Waals surface area contributed by atoms with Crippen molar-refractivity contribution in [2.24, 2.45) is 0 Å². The smallest absolute Gasteiger partial charge is 0.277 e. The van der Waals surface area contributed by atoms with Gasteiger partial charge in [0.1, 0.15) is 5.75 Å². The van der Waals surface area contributed by atoms with Gasteiger partial charge in [0, 0.05) is 12.0 Å². The second-order valence-corrected chi connectivity index (χ2v) is 8.36. The van der Waals surface area contributed by atoms with Gasteiger partial charge in [-0.2, -0.15) is 0 Å². The van der Waals surface area contributed by atoms with Crippen molar-refractivity contribution in [3.63, 3.8) is 0 Å². The molecule has 2 aromatic rings. The van der Waals surface area contributed by atoms with Crippen LogP contribution >= 0.6 is 11.8 Å². The summed E-state index contributed by atoms with van der Waals surface area (Å²) in [7, 11) is 1.65. The lowest BCUT2D eigenvalue weighted by Crippen LogP contribution is -2.31. The quantitative estimate of drug-likeness (QED) is 0.740. The summed E-state index contributed by atoms with van der Waals surface area (Å²) in [6.07, 6.45) is 2.00. The number of hydrogen-bond acceptors (Lipinski definition) is 6. The zero-order chi connectivity index (χ0) is 18.7. The highest BCUT2D eigenvalue weighted by molar-refractivity contribution is 7.99. The summed E-state index contributed by atoms with van der Waals surface area (Å²) in [6.45, 7) is 6.84. The maximum Gasteiger partial charge on any atom is 0.277 e. The van der Waals surface area contributed by atoms with E-state index >= 15 is 0 Å². The van der Waals surface area contributed by atoms with E-state index in [1.165, 1.54) is 11.8 Å². The van der Waals surface area contributed by atoms with Gasteiger partial charge >= 0.3 is 0 Å². The summed E-state index contributed by atoms with van der Waals surface area (Å²) in [5.74, 6) is 1.82. The van der Waals surface area contributed by atoms with Crippen LogP contribution in [-0.2, 0) is 10.2 Å². The van der Waals surface area contributed by atoms with Gasteiger partial charge in [-0.3, -0.25) is 4.79 Å². The average molecular weight is 375 g/mol.